The van der Waals surface area contributed by atoms with Gasteiger partial charge in [0.05, 0.1) is 20.9 Å². The number of nitrogens with zero attached hydrogens (tertiary/aromatic N) is 3. The molecular weight excluding hydrogens is 436 g/mol. The van der Waals surface area contributed by atoms with Crippen molar-refractivity contribution >= 4 is 27.3 Å². The fraction of sp³-hybridized carbons (Fsp3) is 0.400. The summed E-state index contributed by atoms with van der Waals surface area (Å²) in [5.41, 5.74) is 6.19. The van der Waals surface area contributed by atoms with E-state index in [1.807, 2.05) is 43.3 Å². The minimum absolute atomic E-state index is 0.0459. The van der Waals surface area contributed by atoms with E-state index in [0.29, 0.717) is 6.54 Å². The highest BCUT2D eigenvalue weighted by molar-refractivity contribution is 7.18. The number of hydrogen-bond donors (Lipinski definition) is 2. The Bertz CT molecular complexity index is 1100. The number of benzene rings is 2. The van der Waals surface area contributed by atoms with E-state index in [0.717, 1.165) is 65.0 Å². The molecule has 33 heavy (non-hydrogen) atoms. The van der Waals surface area contributed by atoms with Crippen LogP contribution in [-0.2, 0) is 4.84 Å². The van der Waals surface area contributed by atoms with Gasteiger partial charge in [-0.2, -0.15) is 0 Å². The normalized spacial score (nSPS) is 20.5. The Kier molecular flexibility index (Phi) is 6.89. The molecule has 7 nitrogen and oxygen atoms in total. The SMILES string of the molecule is Cc1nc2cc(OC[C@H](O)CN3CCN(C[C@H]4C=C(c5ccccc5)NO4)CC3)ccc2s1. The molecule has 2 aliphatic rings. The van der Waals surface area contributed by atoms with Crippen LogP contribution in [0.4, 0.5) is 0 Å². The average molecular weight is 467 g/mol. The highest BCUT2D eigenvalue weighted by Gasteiger charge is 2.24. The molecule has 0 aliphatic carbocycles. The third kappa shape index (κ3) is 5.72. The van der Waals surface area contributed by atoms with Gasteiger partial charge < -0.3 is 9.84 Å². The Labute approximate surface area is 198 Å². The molecule has 2 aliphatic heterocycles. The quantitative estimate of drug-likeness (QED) is 0.529. The molecule has 0 radical (unpaired) electrons. The van der Waals surface area contributed by atoms with Gasteiger partial charge in [-0.25, -0.2) is 4.98 Å². The zero-order valence-corrected chi connectivity index (χ0v) is 19.6. The summed E-state index contributed by atoms with van der Waals surface area (Å²) in [5, 5.41) is 11.5. The third-order valence-corrected chi connectivity index (χ3v) is 6.99. The first-order valence-corrected chi connectivity index (χ1v) is 12.3. The second-order valence-corrected chi connectivity index (χ2v) is 9.87. The van der Waals surface area contributed by atoms with E-state index in [1.54, 1.807) is 11.3 Å². The van der Waals surface area contributed by atoms with E-state index in [1.165, 1.54) is 0 Å². The molecule has 2 aromatic carbocycles. The molecule has 2 atom stereocenters. The second-order valence-electron chi connectivity index (χ2n) is 8.63. The van der Waals surface area contributed by atoms with Crippen molar-refractivity contribution in [2.75, 3.05) is 45.9 Å². The largest absolute Gasteiger partial charge is 0.491 e. The van der Waals surface area contributed by atoms with Gasteiger partial charge in [-0.15, -0.1) is 11.3 Å². The summed E-state index contributed by atoms with van der Waals surface area (Å²) in [6, 6.07) is 16.2. The fourth-order valence-electron chi connectivity index (χ4n) is 4.32. The van der Waals surface area contributed by atoms with Crippen LogP contribution in [0.1, 0.15) is 10.6 Å². The average Bonchev–Trinajstić information content (AvgIpc) is 3.45. The van der Waals surface area contributed by atoms with Gasteiger partial charge in [0.1, 0.15) is 24.6 Å². The molecule has 1 fully saturated rings. The number of hydrogen-bond acceptors (Lipinski definition) is 8. The van der Waals surface area contributed by atoms with Crippen molar-refractivity contribution in [3.05, 3.63) is 65.2 Å². The van der Waals surface area contributed by atoms with Gasteiger partial charge >= 0.3 is 0 Å². The van der Waals surface area contributed by atoms with Gasteiger partial charge in [-0.1, -0.05) is 30.3 Å². The Morgan fingerprint density at radius 3 is 2.76 bits per heavy atom. The molecule has 0 amide bonds. The third-order valence-electron chi connectivity index (χ3n) is 6.04. The molecular formula is C25H30N4O3S. The number of rotatable bonds is 8. The summed E-state index contributed by atoms with van der Waals surface area (Å²) in [5.74, 6) is 0.754. The molecule has 3 heterocycles. The summed E-state index contributed by atoms with van der Waals surface area (Å²) in [6.07, 6.45) is 1.68. The number of fused-ring (bicyclic) bond motifs is 1. The number of nitrogens with one attached hydrogen (secondary N) is 1. The first-order valence-electron chi connectivity index (χ1n) is 11.4. The van der Waals surface area contributed by atoms with Crippen LogP contribution in [0.5, 0.6) is 5.75 Å². The van der Waals surface area contributed by atoms with Crippen LogP contribution in [0, 0.1) is 6.92 Å². The van der Waals surface area contributed by atoms with Crippen molar-refractivity contribution in [1.82, 2.24) is 20.3 Å². The maximum absolute atomic E-state index is 10.5. The zero-order chi connectivity index (χ0) is 22.6. The predicted molar refractivity (Wildman–Crippen MR) is 131 cm³/mol. The van der Waals surface area contributed by atoms with Crippen LogP contribution < -0.4 is 10.2 Å². The summed E-state index contributed by atoms with van der Waals surface area (Å²) < 4.78 is 6.99. The van der Waals surface area contributed by atoms with Gasteiger partial charge in [0.25, 0.3) is 0 Å². The minimum Gasteiger partial charge on any atom is -0.491 e. The van der Waals surface area contributed by atoms with Crippen molar-refractivity contribution in [3.8, 4) is 5.75 Å². The van der Waals surface area contributed by atoms with Crippen molar-refractivity contribution in [2.24, 2.45) is 0 Å². The van der Waals surface area contributed by atoms with Gasteiger partial charge in [-0.3, -0.25) is 20.1 Å². The second kappa shape index (κ2) is 10.2. The summed E-state index contributed by atoms with van der Waals surface area (Å²) in [6.45, 7) is 7.54. The molecule has 1 saturated heterocycles. The predicted octanol–water partition coefficient (Wildman–Crippen LogP) is 2.91. The lowest BCUT2D eigenvalue weighted by Gasteiger charge is -2.36. The lowest BCUT2D eigenvalue weighted by Crippen LogP contribution is -2.50. The molecule has 0 bridgehead atoms. The number of hydroxylamine groups is 1. The van der Waals surface area contributed by atoms with Crippen molar-refractivity contribution in [1.29, 1.82) is 0 Å². The van der Waals surface area contributed by atoms with Crippen LogP contribution in [0.25, 0.3) is 15.9 Å². The first-order chi connectivity index (χ1) is 16.1. The highest BCUT2D eigenvalue weighted by atomic mass is 32.1. The van der Waals surface area contributed by atoms with E-state index < -0.39 is 6.10 Å². The number of thiazole rings is 1. The van der Waals surface area contributed by atoms with Gasteiger partial charge in [0, 0.05) is 45.3 Å². The fourth-order valence-corrected chi connectivity index (χ4v) is 5.13. The smallest absolute Gasteiger partial charge is 0.121 e. The van der Waals surface area contributed by atoms with E-state index in [9.17, 15) is 5.11 Å². The number of aliphatic hydroxyl groups excluding tert-OH is 1. The van der Waals surface area contributed by atoms with Crippen LogP contribution >= 0.6 is 11.3 Å². The monoisotopic (exact) mass is 466 g/mol. The minimum atomic E-state index is -0.525. The maximum atomic E-state index is 10.5. The molecule has 0 saturated carbocycles. The lowest BCUT2D eigenvalue weighted by atomic mass is 10.1. The Balaban J connectivity index is 1.04. The topological polar surface area (TPSA) is 70.1 Å². The van der Waals surface area contributed by atoms with Crippen molar-refractivity contribution in [3.63, 3.8) is 0 Å². The van der Waals surface area contributed by atoms with Crippen molar-refractivity contribution in [2.45, 2.75) is 19.1 Å². The molecule has 3 aromatic rings. The highest BCUT2D eigenvalue weighted by Crippen LogP contribution is 2.25. The van der Waals surface area contributed by atoms with Crippen LogP contribution in [-0.4, -0.2) is 78.0 Å². The van der Waals surface area contributed by atoms with E-state index in [4.69, 9.17) is 9.57 Å². The van der Waals surface area contributed by atoms with Crippen LogP contribution in [0.2, 0.25) is 0 Å². The molecule has 174 valence electrons. The Hall–Kier alpha value is -2.49. The number of ether oxygens (including phenoxy) is 1. The molecule has 5 rings (SSSR count). The number of aryl methyl sites for hydroxylation is 1. The molecule has 0 spiro atoms. The van der Waals surface area contributed by atoms with E-state index >= 15 is 0 Å². The van der Waals surface area contributed by atoms with E-state index in [2.05, 4.69) is 38.5 Å². The number of piperazine rings is 1. The van der Waals surface area contributed by atoms with Crippen LogP contribution in [0.3, 0.4) is 0 Å². The number of aliphatic hydroxyl groups is 1. The standard InChI is InChI=1S/C25H30N4O3S/c1-18-26-24-13-21(7-8-25(24)33-18)31-17-20(30)15-28-9-11-29(12-10-28)16-22-14-23(27-32-22)19-5-3-2-4-6-19/h2-8,13-14,20,22,27,30H,9-12,15-17H2,1H3/t20-,22-/m1/s1. The van der Waals surface area contributed by atoms with Gasteiger partial charge in [0.15, 0.2) is 0 Å². The van der Waals surface area contributed by atoms with Gasteiger partial charge in [-0.05, 0) is 30.7 Å². The molecule has 2 N–H and O–H groups in total. The van der Waals surface area contributed by atoms with Crippen LogP contribution in [0.15, 0.2) is 54.6 Å². The summed E-state index contributed by atoms with van der Waals surface area (Å²) in [7, 11) is 0. The zero-order valence-electron chi connectivity index (χ0n) is 18.8. The molecule has 1 aromatic heterocycles. The summed E-state index contributed by atoms with van der Waals surface area (Å²) in [4.78, 5) is 15.0. The maximum Gasteiger partial charge on any atom is 0.121 e. The lowest BCUT2D eigenvalue weighted by molar-refractivity contribution is 0.00792. The summed E-state index contributed by atoms with van der Waals surface area (Å²) >= 11 is 1.68. The van der Waals surface area contributed by atoms with Gasteiger partial charge in [0.2, 0.25) is 0 Å². The van der Waals surface area contributed by atoms with Crippen molar-refractivity contribution < 1.29 is 14.7 Å². The number of aromatic nitrogens is 1. The first kappa shape index (κ1) is 22.3. The van der Waals surface area contributed by atoms with E-state index in [-0.39, 0.29) is 12.7 Å². The molecule has 0 unspecified atom stereocenters. The Morgan fingerprint density at radius 2 is 1.94 bits per heavy atom. The number of β-amino-alcohol motifs (C(OH)–C–C–N with tert-alkyl or cyclic N) is 1. The Morgan fingerprint density at radius 1 is 1.15 bits per heavy atom. The molecule has 8 heteroatoms.